The lowest BCUT2D eigenvalue weighted by Crippen LogP contribution is -2.33. The first-order valence-electron chi connectivity index (χ1n) is 9.81. The number of allylic oxidation sites excluding steroid dienone is 1. The van der Waals surface area contributed by atoms with E-state index in [0.29, 0.717) is 16.0 Å². The maximum absolute atomic E-state index is 12.4. The molecule has 10 heteroatoms. The van der Waals surface area contributed by atoms with E-state index in [9.17, 15) is 19.7 Å². The van der Waals surface area contributed by atoms with Crippen LogP contribution in [0.2, 0.25) is 0 Å². The number of carbonyl (C=O) groups is 2. The first-order valence-corrected chi connectivity index (χ1v) is 11.8. The van der Waals surface area contributed by atoms with Crippen LogP contribution in [-0.2, 0) is 16.1 Å². The number of rotatable bonds is 7. The minimum atomic E-state index is -0.447. The molecule has 0 aliphatic carbocycles. The van der Waals surface area contributed by atoms with Crippen molar-refractivity contribution in [2.45, 2.75) is 32.2 Å². The number of fused-ring (bicyclic) bond motifs is 1. The summed E-state index contributed by atoms with van der Waals surface area (Å²) in [5, 5.41) is 11.0. The van der Waals surface area contributed by atoms with Gasteiger partial charge in [-0.05, 0) is 18.9 Å². The predicted molar refractivity (Wildman–Crippen MR) is 120 cm³/mol. The molecule has 0 unspecified atom stereocenters. The zero-order chi connectivity index (χ0) is 21.5. The van der Waals surface area contributed by atoms with Gasteiger partial charge in [-0.1, -0.05) is 30.3 Å². The number of hydrogen-bond acceptors (Lipinski definition) is 6. The lowest BCUT2D eigenvalue weighted by Gasteiger charge is -2.19. The highest BCUT2D eigenvalue weighted by Crippen LogP contribution is 2.23. The highest BCUT2D eigenvalue weighted by atomic mass is 32.2. The van der Waals surface area contributed by atoms with Gasteiger partial charge >= 0.3 is 0 Å². The third-order valence-corrected chi connectivity index (χ3v) is 6.76. The number of aromatic nitrogens is 1. The molecule has 2 amide bonds. The molecule has 0 radical (unpaired) electrons. The van der Waals surface area contributed by atoms with Gasteiger partial charge < -0.3 is 9.47 Å². The fourth-order valence-electron chi connectivity index (χ4n) is 3.34. The van der Waals surface area contributed by atoms with Crippen LogP contribution in [0.15, 0.2) is 35.8 Å². The summed E-state index contributed by atoms with van der Waals surface area (Å²) >= 11 is 2.50. The molecule has 30 heavy (non-hydrogen) atoms. The Hall–Kier alpha value is -2.46. The van der Waals surface area contributed by atoms with Crippen molar-refractivity contribution in [3.63, 3.8) is 0 Å². The van der Waals surface area contributed by atoms with Crippen LogP contribution in [0.25, 0.3) is 10.2 Å². The summed E-state index contributed by atoms with van der Waals surface area (Å²) in [6.07, 6.45) is 6.09. The molecular formula is C20H24N4O4S2. The number of nitro groups is 1. The molecule has 3 rings (SSSR count). The van der Waals surface area contributed by atoms with E-state index in [1.165, 1.54) is 35.2 Å². The van der Waals surface area contributed by atoms with E-state index in [1.807, 2.05) is 9.47 Å². The van der Waals surface area contributed by atoms with Crippen LogP contribution in [0.3, 0.4) is 0 Å². The number of likely N-dealkylation sites (tertiary alicyclic amines) is 1. The normalized spacial score (nSPS) is 15.2. The summed E-state index contributed by atoms with van der Waals surface area (Å²) in [4.78, 5) is 41.8. The Morgan fingerprint density at radius 3 is 2.63 bits per heavy atom. The monoisotopic (exact) mass is 448 g/mol. The van der Waals surface area contributed by atoms with Crippen molar-refractivity contribution < 1.29 is 14.5 Å². The predicted octanol–water partition coefficient (Wildman–Crippen LogP) is 3.36. The van der Waals surface area contributed by atoms with Crippen LogP contribution in [0, 0.1) is 10.1 Å². The highest BCUT2D eigenvalue weighted by molar-refractivity contribution is 8.00. The van der Waals surface area contributed by atoms with Gasteiger partial charge in [0.25, 0.3) is 11.6 Å². The van der Waals surface area contributed by atoms with Crippen molar-refractivity contribution in [2.75, 3.05) is 24.6 Å². The number of nitrogens with zero attached hydrogens (tertiary/aromatic N) is 4. The van der Waals surface area contributed by atoms with Crippen molar-refractivity contribution in [3.8, 4) is 0 Å². The van der Waals surface area contributed by atoms with Crippen molar-refractivity contribution in [3.05, 3.63) is 45.8 Å². The summed E-state index contributed by atoms with van der Waals surface area (Å²) in [5.74, 6) is 0.127. The Kier molecular flexibility index (Phi) is 7.81. The summed E-state index contributed by atoms with van der Waals surface area (Å²) < 4.78 is 2.49. The van der Waals surface area contributed by atoms with Crippen molar-refractivity contribution >= 4 is 50.8 Å². The Balaban J connectivity index is 1.69. The number of carbonyl (C=O) groups excluding carboxylic acids is 2. The molecule has 0 bridgehead atoms. The van der Waals surface area contributed by atoms with Gasteiger partial charge in [-0.25, -0.2) is 0 Å². The maximum Gasteiger partial charge on any atom is 0.270 e. The van der Waals surface area contributed by atoms with Gasteiger partial charge in [-0.15, -0.1) is 18.3 Å². The molecule has 1 aliphatic rings. The van der Waals surface area contributed by atoms with Crippen molar-refractivity contribution in [1.29, 1.82) is 0 Å². The van der Waals surface area contributed by atoms with E-state index in [2.05, 4.69) is 11.6 Å². The third-order valence-electron chi connectivity index (χ3n) is 4.82. The standard InChI is InChI=1S/C20H24N4O4S2/c1-2-9-23-16-8-7-15(24(27)28)12-17(16)30-20(23)21-18(25)13-29-14-19(26)22-10-5-3-4-6-11-22/h2,7-8,12H,1,3-6,9-11,13-14H2. The van der Waals surface area contributed by atoms with E-state index in [0.717, 1.165) is 44.3 Å². The number of thioether (sulfide) groups is 1. The van der Waals surface area contributed by atoms with Crippen LogP contribution in [0.5, 0.6) is 0 Å². The van der Waals surface area contributed by atoms with Crippen LogP contribution < -0.4 is 4.80 Å². The summed E-state index contributed by atoms with van der Waals surface area (Å²) in [6, 6.07) is 4.58. The SMILES string of the molecule is C=CCn1c(=NC(=O)CSCC(=O)N2CCCCCC2)sc2cc([N+](=O)[O-])ccc21. The van der Waals surface area contributed by atoms with Gasteiger partial charge in [0.1, 0.15) is 0 Å². The second-order valence-corrected chi connectivity index (χ2v) is 8.98. The second-order valence-electron chi connectivity index (χ2n) is 6.99. The van der Waals surface area contributed by atoms with Crippen LogP contribution in [0.1, 0.15) is 25.7 Å². The molecule has 1 aliphatic heterocycles. The minimum Gasteiger partial charge on any atom is -0.342 e. The molecule has 8 nitrogen and oxygen atoms in total. The summed E-state index contributed by atoms with van der Waals surface area (Å²) in [5.41, 5.74) is 0.760. The van der Waals surface area contributed by atoms with Gasteiger partial charge in [-0.3, -0.25) is 19.7 Å². The van der Waals surface area contributed by atoms with Crippen molar-refractivity contribution in [2.24, 2.45) is 4.99 Å². The number of thiazole rings is 1. The Morgan fingerprint density at radius 2 is 1.97 bits per heavy atom. The lowest BCUT2D eigenvalue weighted by atomic mass is 10.2. The lowest BCUT2D eigenvalue weighted by molar-refractivity contribution is -0.384. The summed E-state index contributed by atoms with van der Waals surface area (Å²) in [7, 11) is 0. The first-order chi connectivity index (χ1) is 14.5. The summed E-state index contributed by atoms with van der Waals surface area (Å²) in [6.45, 7) is 5.76. The van der Waals surface area contributed by atoms with E-state index in [1.54, 1.807) is 12.1 Å². The molecule has 1 aromatic carbocycles. The number of nitro benzene ring substituents is 1. The van der Waals surface area contributed by atoms with E-state index >= 15 is 0 Å². The number of benzene rings is 1. The van der Waals surface area contributed by atoms with E-state index in [-0.39, 0.29) is 29.0 Å². The van der Waals surface area contributed by atoms with Crippen LogP contribution in [-0.4, -0.2) is 50.8 Å². The molecule has 1 aromatic heterocycles. The first kappa shape index (κ1) is 22.2. The average Bonchev–Trinajstić information content (AvgIpc) is 2.89. The molecular weight excluding hydrogens is 424 g/mol. The third kappa shape index (κ3) is 5.57. The van der Waals surface area contributed by atoms with E-state index < -0.39 is 4.92 Å². The van der Waals surface area contributed by atoms with Gasteiger partial charge in [0.05, 0.1) is 26.6 Å². The smallest absolute Gasteiger partial charge is 0.270 e. The number of amides is 2. The molecule has 0 spiro atoms. The maximum atomic E-state index is 12.4. The minimum absolute atomic E-state index is 0.00467. The number of non-ortho nitro benzene ring substituents is 1. The van der Waals surface area contributed by atoms with Gasteiger partial charge in [-0.2, -0.15) is 4.99 Å². The molecule has 160 valence electrons. The number of hydrogen-bond donors (Lipinski definition) is 0. The van der Waals surface area contributed by atoms with Gasteiger partial charge in [0.15, 0.2) is 4.80 Å². The Bertz CT molecular complexity index is 1020. The fraction of sp³-hybridized carbons (Fsp3) is 0.450. The second kappa shape index (κ2) is 10.5. The fourth-order valence-corrected chi connectivity index (χ4v) is 5.13. The molecule has 2 heterocycles. The van der Waals surface area contributed by atoms with Crippen LogP contribution in [0.4, 0.5) is 5.69 Å². The Morgan fingerprint density at radius 1 is 1.23 bits per heavy atom. The van der Waals surface area contributed by atoms with E-state index in [4.69, 9.17) is 0 Å². The molecule has 1 fully saturated rings. The zero-order valence-corrected chi connectivity index (χ0v) is 18.3. The zero-order valence-electron chi connectivity index (χ0n) is 16.6. The van der Waals surface area contributed by atoms with Gasteiger partial charge in [0.2, 0.25) is 5.91 Å². The van der Waals surface area contributed by atoms with Crippen LogP contribution >= 0.6 is 23.1 Å². The highest BCUT2D eigenvalue weighted by Gasteiger charge is 2.16. The quantitative estimate of drug-likeness (QED) is 0.367. The molecule has 1 saturated heterocycles. The average molecular weight is 449 g/mol. The molecule has 2 aromatic rings. The van der Waals surface area contributed by atoms with Crippen molar-refractivity contribution in [1.82, 2.24) is 9.47 Å². The molecule has 0 N–H and O–H groups in total. The molecule has 0 saturated carbocycles. The Labute approximate surface area is 182 Å². The molecule has 0 atom stereocenters. The largest absolute Gasteiger partial charge is 0.342 e. The van der Waals surface area contributed by atoms with Gasteiger partial charge in [0, 0.05) is 31.8 Å². The topological polar surface area (TPSA) is 97.8 Å².